The molecule has 9 heteroatoms. The minimum Gasteiger partial charge on any atom is -0.504 e. The molecule has 1 aliphatic heterocycles. The van der Waals surface area contributed by atoms with Gasteiger partial charge in [-0.05, 0) is 104 Å². The van der Waals surface area contributed by atoms with Gasteiger partial charge in [0.25, 0.3) is 0 Å². The average molecular weight is 712 g/mol. The van der Waals surface area contributed by atoms with Crippen molar-refractivity contribution in [1.29, 1.82) is 0 Å². The van der Waals surface area contributed by atoms with E-state index in [9.17, 15) is 25.5 Å². The van der Waals surface area contributed by atoms with Crippen LogP contribution in [0.5, 0.6) is 11.5 Å². The van der Waals surface area contributed by atoms with Crippen LogP contribution in [0.15, 0.2) is 90.4 Å². The Morgan fingerprint density at radius 2 is 1.81 bits per heavy atom. The zero-order valence-electron chi connectivity index (χ0n) is 30.3. The number of nitrogens with two attached hydrogens (primary N) is 1. The molecule has 2 heterocycles. The van der Waals surface area contributed by atoms with Crippen LogP contribution in [0.2, 0.25) is 0 Å². The summed E-state index contributed by atoms with van der Waals surface area (Å²) in [6.07, 6.45) is 9.18. The van der Waals surface area contributed by atoms with Gasteiger partial charge in [-0.15, -0.1) is 5.92 Å². The molecule has 52 heavy (non-hydrogen) atoms. The van der Waals surface area contributed by atoms with Gasteiger partial charge in [0.15, 0.2) is 11.5 Å². The smallest absolute Gasteiger partial charge is 0.161 e. The van der Waals surface area contributed by atoms with Crippen molar-refractivity contribution < 1.29 is 30.3 Å². The van der Waals surface area contributed by atoms with E-state index < -0.39 is 31.0 Å². The third kappa shape index (κ3) is 11.4. The number of nitrogens with one attached hydrogen (secondary N) is 2. The third-order valence-corrected chi connectivity index (χ3v) is 10.7. The first-order valence-electron chi connectivity index (χ1n) is 18.9. The number of aliphatic hydroxyl groups excluding tert-OH is 4. The zero-order valence-corrected chi connectivity index (χ0v) is 30.3. The van der Waals surface area contributed by atoms with E-state index in [0.717, 1.165) is 42.5 Å². The largest absolute Gasteiger partial charge is 0.504 e. The summed E-state index contributed by atoms with van der Waals surface area (Å²) in [6.45, 7) is 2.34. The molecule has 280 valence electrons. The fourth-order valence-electron chi connectivity index (χ4n) is 7.54. The number of dihydropyridines is 1. The number of benzene rings is 2. The van der Waals surface area contributed by atoms with Gasteiger partial charge in [0.1, 0.15) is 12.2 Å². The molecule has 8 atom stereocenters. The number of aliphatic hydroxyl groups is 4. The van der Waals surface area contributed by atoms with Crippen LogP contribution in [0.1, 0.15) is 68.7 Å². The lowest BCUT2D eigenvalue weighted by Gasteiger charge is -2.29. The van der Waals surface area contributed by atoms with Gasteiger partial charge in [0.2, 0.25) is 0 Å². The van der Waals surface area contributed by atoms with Crippen LogP contribution in [0.3, 0.4) is 0 Å². The van der Waals surface area contributed by atoms with Crippen LogP contribution >= 0.6 is 0 Å². The van der Waals surface area contributed by atoms with Crippen LogP contribution in [0.4, 0.5) is 0 Å². The summed E-state index contributed by atoms with van der Waals surface area (Å²) >= 11 is 0. The Morgan fingerprint density at radius 3 is 2.56 bits per heavy atom. The molecular weight excluding hydrogens is 654 g/mol. The van der Waals surface area contributed by atoms with Gasteiger partial charge in [-0.3, -0.25) is 0 Å². The molecule has 0 saturated heterocycles. The number of phenols is 1. The summed E-state index contributed by atoms with van der Waals surface area (Å²) < 4.78 is 6.28. The number of H-pyrrole nitrogens is 1. The fourth-order valence-corrected chi connectivity index (χ4v) is 7.54. The van der Waals surface area contributed by atoms with Crippen molar-refractivity contribution in [2.24, 2.45) is 29.4 Å². The SMILES string of the molecule is CC(Cc1ccccc1)C1C#CCC(C(O)CCc2ccc(O)c(OC(CC(Cc3ccc[nH]3)C3=CCNC(N)=C3)C(O)CO)c2)C(O)CCCC1. The standard InChI is InChI=1S/C43H57N3O6/c1-29(23-30-9-3-2-4-10-30)32-11-5-6-15-37(48)36(14-7-12-32)38(49)18-16-31-17-19-39(50)41(24-31)52-42(40(51)28-47)26-34(25-35-13-8-21-45-35)33-20-22-46-43(44)27-33/h2-4,8-10,13,17,19-21,24,27,29,32,34,36-38,40,42,45-51H,5-6,11,14-16,18,22-23,25-26,28,44H2,1H3. The Hall–Kier alpha value is -4.20. The highest BCUT2D eigenvalue weighted by Gasteiger charge is 2.30. The molecule has 2 aliphatic rings. The lowest BCUT2D eigenvalue weighted by atomic mass is 9.82. The summed E-state index contributed by atoms with van der Waals surface area (Å²) in [6, 6.07) is 19.5. The van der Waals surface area contributed by atoms with Gasteiger partial charge in [-0.1, -0.05) is 68.2 Å². The van der Waals surface area contributed by atoms with Gasteiger partial charge >= 0.3 is 0 Å². The van der Waals surface area contributed by atoms with E-state index in [-0.39, 0.29) is 29.3 Å². The number of ether oxygens (including phenoxy) is 1. The predicted octanol–water partition coefficient (Wildman–Crippen LogP) is 5.13. The zero-order chi connectivity index (χ0) is 36.9. The maximum absolute atomic E-state index is 11.4. The van der Waals surface area contributed by atoms with E-state index in [1.807, 2.05) is 30.5 Å². The second-order valence-corrected chi connectivity index (χ2v) is 14.6. The molecular formula is C43H57N3O6. The van der Waals surface area contributed by atoms with E-state index >= 15 is 0 Å². The van der Waals surface area contributed by atoms with Crippen molar-refractivity contribution in [1.82, 2.24) is 10.3 Å². The van der Waals surface area contributed by atoms with Crippen LogP contribution in [0.25, 0.3) is 0 Å². The first-order valence-corrected chi connectivity index (χ1v) is 18.9. The number of aryl methyl sites for hydroxylation is 1. The van der Waals surface area contributed by atoms with E-state index in [4.69, 9.17) is 10.5 Å². The number of allylic oxidation sites excluding steroid dienone is 2. The molecule has 1 aromatic heterocycles. The Balaban J connectivity index is 1.24. The highest BCUT2D eigenvalue weighted by molar-refractivity contribution is 5.42. The van der Waals surface area contributed by atoms with Crippen molar-refractivity contribution in [3.8, 4) is 23.3 Å². The highest BCUT2D eigenvalue weighted by Crippen LogP contribution is 2.33. The Kier molecular flexibility index (Phi) is 14.7. The molecule has 9 nitrogen and oxygen atoms in total. The minimum absolute atomic E-state index is 0.0837. The molecule has 0 radical (unpaired) electrons. The molecule has 8 unspecified atom stereocenters. The molecule has 0 fully saturated rings. The van der Waals surface area contributed by atoms with E-state index in [1.54, 1.807) is 18.2 Å². The molecule has 5 rings (SSSR count). The number of aromatic hydroxyl groups is 1. The highest BCUT2D eigenvalue weighted by atomic mass is 16.5. The number of aromatic nitrogens is 1. The normalized spacial score (nSPS) is 22.3. The first kappa shape index (κ1) is 39.0. The van der Waals surface area contributed by atoms with Crippen molar-refractivity contribution in [2.45, 2.75) is 95.5 Å². The third-order valence-electron chi connectivity index (χ3n) is 10.7. The quantitative estimate of drug-likeness (QED) is 0.0948. The van der Waals surface area contributed by atoms with Crippen LogP contribution in [-0.2, 0) is 19.3 Å². The molecule has 2 aromatic carbocycles. The lowest BCUT2D eigenvalue weighted by Crippen LogP contribution is -2.37. The maximum atomic E-state index is 11.4. The molecule has 0 saturated carbocycles. The minimum atomic E-state index is -1.20. The van der Waals surface area contributed by atoms with Crippen molar-refractivity contribution in [3.63, 3.8) is 0 Å². The van der Waals surface area contributed by atoms with Crippen molar-refractivity contribution in [2.75, 3.05) is 13.2 Å². The predicted molar refractivity (Wildman–Crippen MR) is 204 cm³/mol. The molecule has 0 amide bonds. The summed E-state index contributed by atoms with van der Waals surface area (Å²) in [5, 5.41) is 57.3. The Labute approximate surface area is 308 Å². The first-order chi connectivity index (χ1) is 25.2. The van der Waals surface area contributed by atoms with E-state index in [1.165, 1.54) is 5.56 Å². The van der Waals surface area contributed by atoms with Gasteiger partial charge < -0.3 is 46.3 Å². The summed E-state index contributed by atoms with van der Waals surface area (Å²) in [4.78, 5) is 3.25. The van der Waals surface area contributed by atoms with E-state index in [0.29, 0.717) is 56.8 Å². The second kappa shape index (κ2) is 19.6. The lowest BCUT2D eigenvalue weighted by molar-refractivity contribution is -0.0104. The maximum Gasteiger partial charge on any atom is 0.161 e. The molecule has 9 N–H and O–H groups in total. The van der Waals surface area contributed by atoms with Gasteiger partial charge in [0.05, 0.1) is 24.6 Å². The van der Waals surface area contributed by atoms with Crippen LogP contribution < -0.4 is 15.8 Å². The molecule has 1 aliphatic carbocycles. The van der Waals surface area contributed by atoms with Crippen LogP contribution in [-0.4, -0.2) is 68.1 Å². The van der Waals surface area contributed by atoms with Gasteiger partial charge in [0, 0.05) is 36.7 Å². The fraction of sp³-hybridized carbons (Fsp3) is 0.488. The van der Waals surface area contributed by atoms with Crippen molar-refractivity contribution in [3.05, 3.63) is 107 Å². The Morgan fingerprint density at radius 1 is 1.00 bits per heavy atom. The van der Waals surface area contributed by atoms with Gasteiger partial charge in [-0.2, -0.15) is 0 Å². The summed E-state index contributed by atoms with van der Waals surface area (Å²) in [5.41, 5.74) is 10.3. The molecule has 0 bridgehead atoms. The molecule has 3 aromatic rings. The second-order valence-electron chi connectivity index (χ2n) is 14.6. The van der Waals surface area contributed by atoms with Gasteiger partial charge in [-0.25, -0.2) is 0 Å². The number of rotatable bonds is 16. The number of hydrogen-bond acceptors (Lipinski definition) is 8. The monoisotopic (exact) mass is 711 g/mol. The average Bonchev–Trinajstić information content (AvgIpc) is 3.67. The van der Waals surface area contributed by atoms with E-state index in [2.05, 4.69) is 59.4 Å². The number of aromatic amines is 1. The number of phenolic OH excluding ortho intramolecular Hbond substituents is 1. The molecule has 0 spiro atoms. The number of hydrogen-bond donors (Lipinski definition) is 8. The van der Waals surface area contributed by atoms with Crippen LogP contribution in [0, 0.1) is 35.5 Å². The van der Waals surface area contributed by atoms with Crippen molar-refractivity contribution >= 4 is 0 Å². The Bertz CT molecular complexity index is 1650. The summed E-state index contributed by atoms with van der Waals surface area (Å²) in [5.74, 6) is 7.75. The topological polar surface area (TPSA) is 164 Å². The summed E-state index contributed by atoms with van der Waals surface area (Å²) in [7, 11) is 0.